The molecule has 6 nitrogen and oxygen atoms in total. The Hall–Kier alpha value is -2.70. The molecule has 7 heteroatoms. The minimum absolute atomic E-state index is 0.238. The molecule has 1 unspecified atom stereocenters. The molecule has 0 aliphatic carbocycles. The number of benzene rings is 1. The van der Waals surface area contributed by atoms with E-state index in [1.807, 2.05) is 0 Å². The third kappa shape index (κ3) is 2.83. The van der Waals surface area contributed by atoms with Gasteiger partial charge >= 0.3 is 5.97 Å². The predicted octanol–water partition coefficient (Wildman–Crippen LogP) is 1.51. The second-order valence-electron chi connectivity index (χ2n) is 4.91. The highest BCUT2D eigenvalue weighted by atomic mass is 19.1. The van der Waals surface area contributed by atoms with Crippen LogP contribution in [0, 0.1) is 5.82 Å². The zero-order valence-corrected chi connectivity index (χ0v) is 12.2. The lowest BCUT2D eigenvalue weighted by Crippen LogP contribution is -2.32. The topological polar surface area (TPSA) is 81.7 Å². The third-order valence-electron chi connectivity index (χ3n) is 3.06. The number of carbonyl (C=O) groups is 3. The van der Waals surface area contributed by atoms with Gasteiger partial charge in [0, 0.05) is 19.4 Å². The molecular formula is C15H14FNO5. The summed E-state index contributed by atoms with van der Waals surface area (Å²) < 4.78 is 23.7. The minimum atomic E-state index is -1.59. The number of esters is 1. The molecule has 116 valence electrons. The Balaban J connectivity index is 2.45. The molecule has 1 aromatic carbocycles. The first-order valence-electron chi connectivity index (χ1n) is 6.44. The Bertz CT molecular complexity index is 697. The van der Waals surface area contributed by atoms with Crippen molar-refractivity contribution in [1.29, 1.82) is 0 Å². The molecule has 1 amide bonds. The van der Waals surface area contributed by atoms with Crippen LogP contribution in [0.5, 0.6) is 0 Å². The highest BCUT2D eigenvalue weighted by Gasteiger charge is 2.49. The molecule has 1 aromatic rings. The summed E-state index contributed by atoms with van der Waals surface area (Å²) >= 11 is 0. The number of rotatable bonds is 3. The molecule has 1 atom stereocenters. The Morgan fingerprint density at radius 2 is 2.00 bits per heavy atom. The van der Waals surface area contributed by atoms with Crippen LogP contribution in [0.25, 0.3) is 0 Å². The van der Waals surface area contributed by atoms with Crippen molar-refractivity contribution in [2.45, 2.75) is 26.4 Å². The first-order chi connectivity index (χ1) is 10.2. The lowest BCUT2D eigenvalue weighted by molar-refractivity contribution is -0.142. The van der Waals surface area contributed by atoms with E-state index in [0.717, 1.165) is 13.0 Å². The van der Waals surface area contributed by atoms with Gasteiger partial charge in [-0.2, -0.15) is 0 Å². The van der Waals surface area contributed by atoms with Gasteiger partial charge in [0.1, 0.15) is 5.82 Å². The maximum atomic E-state index is 13.4. The van der Waals surface area contributed by atoms with Crippen LogP contribution >= 0.6 is 0 Å². The van der Waals surface area contributed by atoms with Crippen molar-refractivity contribution in [2.75, 3.05) is 0 Å². The molecule has 1 aliphatic rings. The van der Waals surface area contributed by atoms with Gasteiger partial charge in [-0.25, -0.2) is 4.39 Å². The summed E-state index contributed by atoms with van der Waals surface area (Å²) in [7, 11) is 0. The van der Waals surface area contributed by atoms with Crippen LogP contribution in [-0.2, 0) is 29.5 Å². The van der Waals surface area contributed by atoms with E-state index in [0.29, 0.717) is 0 Å². The maximum Gasteiger partial charge on any atom is 0.308 e. The van der Waals surface area contributed by atoms with Gasteiger partial charge in [-0.15, -0.1) is 0 Å². The summed E-state index contributed by atoms with van der Waals surface area (Å²) in [6.45, 7) is 3.73. The van der Waals surface area contributed by atoms with E-state index in [9.17, 15) is 18.8 Å². The number of hydrogen-bond donors (Lipinski definition) is 1. The lowest BCUT2D eigenvalue weighted by Gasteiger charge is -2.23. The Morgan fingerprint density at radius 3 is 2.55 bits per heavy atom. The van der Waals surface area contributed by atoms with Crippen molar-refractivity contribution < 1.29 is 28.2 Å². The average Bonchev–Trinajstić information content (AvgIpc) is 2.63. The van der Waals surface area contributed by atoms with Crippen molar-refractivity contribution in [3.8, 4) is 0 Å². The van der Waals surface area contributed by atoms with Crippen molar-refractivity contribution in [3.63, 3.8) is 0 Å². The molecule has 1 aliphatic heterocycles. The normalized spacial score (nSPS) is 20.6. The summed E-state index contributed by atoms with van der Waals surface area (Å²) in [5.74, 6) is -3.14. The smallest absolute Gasteiger partial charge is 0.308 e. The van der Waals surface area contributed by atoms with E-state index in [-0.39, 0.29) is 11.4 Å². The van der Waals surface area contributed by atoms with E-state index in [1.165, 1.54) is 32.0 Å². The fourth-order valence-electron chi connectivity index (χ4n) is 2.07. The molecule has 2 rings (SSSR count). The van der Waals surface area contributed by atoms with Gasteiger partial charge in [-0.3, -0.25) is 19.7 Å². The van der Waals surface area contributed by atoms with Crippen molar-refractivity contribution >= 4 is 17.7 Å². The SMILES string of the molecule is CC(=O)NC1=C(OC(C)=O)C(=O)C(C)(c2cccc(F)c2)O1. The Kier molecular flexibility index (Phi) is 3.99. The van der Waals surface area contributed by atoms with Crippen molar-refractivity contribution in [3.05, 3.63) is 47.3 Å². The Labute approximate surface area is 125 Å². The summed E-state index contributed by atoms with van der Waals surface area (Å²) in [6.07, 6.45) is 0. The van der Waals surface area contributed by atoms with Crippen LogP contribution in [0.2, 0.25) is 0 Å². The van der Waals surface area contributed by atoms with E-state index in [4.69, 9.17) is 9.47 Å². The molecule has 0 radical (unpaired) electrons. The minimum Gasteiger partial charge on any atom is -0.456 e. The van der Waals surface area contributed by atoms with Gasteiger partial charge in [0.25, 0.3) is 5.78 Å². The van der Waals surface area contributed by atoms with Crippen molar-refractivity contribution in [1.82, 2.24) is 5.32 Å². The number of halogens is 1. The zero-order valence-electron chi connectivity index (χ0n) is 12.2. The molecule has 0 saturated carbocycles. The van der Waals surface area contributed by atoms with Gasteiger partial charge in [0.05, 0.1) is 0 Å². The number of ketones is 1. The van der Waals surface area contributed by atoms with Gasteiger partial charge in [0.15, 0.2) is 5.60 Å². The fourth-order valence-corrected chi connectivity index (χ4v) is 2.07. The predicted molar refractivity (Wildman–Crippen MR) is 72.5 cm³/mol. The first-order valence-corrected chi connectivity index (χ1v) is 6.44. The molecule has 1 N–H and O–H groups in total. The van der Waals surface area contributed by atoms with E-state index < -0.39 is 34.8 Å². The maximum absolute atomic E-state index is 13.4. The largest absolute Gasteiger partial charge is 0.456 e. The number of hydrogen-bond acceptors (Lipinski definition) is 5. The number of ether oxygens (including phenoxy) is 2. The number of Topliss-reactive ketones (excluding diaryl/α,β-unsaturated/α-hetero) is 1. The zero-order chi connectivity index (χ0) is 16.5. The van der Waals surface area contributed by atoms with Crippen LogP contribution in [0.15, 0.2) is 35.9 Å². The summed E-state index contributed by atoms with van der Waals surface area (Å²) in [4.78, 5) is 34.9. The molecule has 0 fully saturated rings. The molecule has 0 saturated heterocycles. The fraction of sp³-hybridized carbons (Fsp3) is 0.267. The summed E-state index contributed by atoms with van der Waals surface area (Å²) in [5, 5.41) is 2.29. The molecule has 0 spiro atoms. The number of amides is 1. The first kappa shape index (κ1) is 15.7. The molecular weight excluding hydrogens is 293 g/mol. The van der Waals surface area contributed by atoms with Crippen molar-refractivity contribution in [2.24, 2.45) is 0 Å². The van der Waals surface area contributed by atoms with Gasteiger partial charge < -0.3 is 9.47 Å². The summed E-state index contributed by atoms with van der Waals surface area (Å²) in [6, 6.07) is 5.29. The van der Waals surface area contributed by atoms with Gasteiger partial charge in [0.2, 0.25) is 17.5 Å². The van der Waals surface area contributed by atoms with Crippen LogP contribution in [0.3, 0.4) is 0 Å². The van der Waals surface area contributed by atoms with Gasteiger partial charge in [-0.05, 0) is 19.1 Å². The Morgan fingerprint density at radius 1 is 1.32 bits per heavy atom. The highest BCUT2D eigenvalue weighted by molar-refractivity contribution is 6.04. The molecule has 22 heavy (non-hydrogen) atoms. The van der Waals surface area contributed by atoms with E-state index in [2.05, 4.69) is 5.32 Å². The quantitative estimate of drug-likeness (QED) is 0.856. The van der Waals surface area contributed by atoms with Crippen LogP contribution in [-0.4, -0.2) is 17.7 Å². The summed E-state index contributed by atoms with van der Waals surface area (Å²) in [5.41, 5.74) is -1.35. The third-order valence-corrected chi connectivity index (χ3v) is 3.06. The van der Waals surface area contributed by atoms with Crippen LogP contribution in [0.1, 0.15) is 26.3 Å². The molecule has 1 heterocycles. The number of carbonyl (C=O) groups excluding carboxylic acids is 3. The van der Waals surface area contributed by atoms with Crippen LogP contribution in [0.4, 0.5) is 4.39 Å². The second-order valence-corrected chi connectivity index (χ2v) is 4.91. The standard InChI is InChI=1S/C15H14FNO5/c1-8(18)17-14-12(21-9(2)19)13(20)15(3,22-14)10-5-4-6-11(16)7-10/h4-7H,1-3H3,(H,17,18). The van der Waals surface area contributed by atoms with Gasteiger partial charge in [-0.1, -0.05) is 12.1 Å². The highest BCUT2D eigenvalue weighted by Crippen LogP contribution is 2.38. The molecule has 0 bridgehead atoms. The monoisotopic (exact) mass is 307 g/mol. The second kappa shape index (κ2) is 5.59. The molecule has 0 aromatic heterocycles. The van der Waals surface area contributed by atoms with E-state index >= 15 is 0 Å². The lowest BCUT2D eigenvalue weighted by atomic mass is 9.91. The van der Waals surface area contributed by atoms with Crippen LogP contribution < -0.4 is 5.32 Å². The van der Waals surface area contributed by atoms with E-state index in [1.54, 1.807) is 0 Å². The number of nitrogens with one attached hydrogen (secondary N) is 1. The average molecular weight is 307 g/mol.